The molecule has 1 aromatic carbocycles. The van der Waals surface area contributed by atoms with Crippen LogP contribution in [0.1, 0.15) is 78.0 Å². The molecule has 190 valence electrons. The first-order valence-corrected chi connectivity index (χ1v) is 11.6. The fraction of sp³-hybridized carbons (Fsp3) is 0.583. The van der Waals surface area contributed by atoms with Crippen LogP contribution in [0.5, 0.6) is 0 Å². The molecule has 0 aromatic heterocycles. The van der Waals surface area contributed by atoms with Crippen LogP contribution in [0, 0.1) is 5.92 Å². The fourth-order valence-electron chi connectivity index (χ4n) is 3.21. The Kier molecular flexibility index (Phi) is 12.2. The van der Waals surface area contributed by atoms with Crippen LogP contribution in [0.3, 0.4) is 0 Å². The Morgan fingerprint density at radius 3 is 1.97 bits per heavy atom. The molecule has 0 aliphatic carbocycles. The van der Waals surface area contributed by atoms with Gasteiger partial charge in [0.15, 0.2) is 0 Å². The van der Waals surface area contributed by atoms with Gasteiger partial charge in [-0.15, -0.1) is 0 Å². The number of nitrogens with zero attached hydrogens (tertiary/aromatic N) is 1. The van der Waals surface area contributed by atoms with Crippen molar-refractivity contribution >= 4 is 23.6 Å². The van der Waals surface area contributed by atoms with Crippen molar-refractivity contribution in [2.24, 2.45) is 11.7 Å². The highest BCUT2D eigenvalue weighted by atomic mass is 16.3. The van der Waals surface area contributed by atoms with E-state index < -0.39 is 29.9 Å². The normalized spacial score (nSPS) is 12.7. The Bertz CT molecular complexity index is 852. The highest BCUT2D eigenvalue weighted by molar-refractivity contribution is 6.04. The van der Waals surface area contributed by atoms with Crippen molar-refractivity contribution < 1.29 is 29.4 Å². The molecule has 0 aliphatic rings. The topological polar surface area (TPSA) is 162 Å². The van der Waals surface area contributed by atoms with Gasteiger partial charge in [-0.2, -0.15) is 0 Å². The lowest BCUT2D eigenvalue weighted by Gasteiger charge is -2.22. The Labute approximate surface area is 200 Å². The van der Waals surface area contributed by atoms with Gasteiger partial charge in [-0.25, -0.2) is 0 Å². The van der Waals surface area contributed by atoms with Gasteiger partial charge in [-0.3, -0.25) is 19.2 Å². The summed E-state index contributed by atoms with van der Waals surface area (Å²) in [5, 5.41) is 25.3. The van der Waals surface area contributed by atoms with Gasteiger partial charge in [0.2, 0.25) is 11.8 Å². The zero-order valence-corrected chi connectivity index (χ0v) is 20.5. The second kappa shape index (κ2) is 14.3. The second-order valence-electron chi connectivity index (χ2n) is 8.70. The van der Waals surface area contributed by atoms with Crippen LogP contribution < -0.4 is 16.4 Å². The van der Waals surface area contributed by atoms with Gasteiger partial charge in [0.1, 0.15) is 0 Å². The van der Waals surface area contributed by atoms with E-state index in [9.17, 15) is 29.4 Å². The Morgan fingerprint density at radius 1 is 0.882 bits per heavy atom. The number of carbonyl (C=O) groups is 4. The lowest BCUT2D eigenvalue weighted by atomic mass is 10.0. The number of hydrogen-bond donors (Lipinski definition) is 5. The lowest BCUT2D eigenvalue weighted by molar-refractivity contribution is -0.124. The summed E-state index contributed by atoms with van der Waals surface area (Å²) in [5.41, 5.74) is 5.57. The standard InChI is InChI=1S/C24H38N4O6/c1-5-7-28(8-6-2)24(34)18-10-16(22(25)32)9-17(11-18)23(33)27-14-20(30)19(29)12-21(31)26-13-15(3)4/h9-11,15,19-20,29-30H,5-8,12-14H2,1-4H3,(H2,25,32)(H,26,31)(H,27,33). The van der Waals surface area contributed by atoms with Gasteiger partial charge in [0.05, 0.1) is 18.6 Å². The van der Waals surface area contributed by atoms with Crippen molar-refractivity contribution in [1.82, 2.24) is 15.5 Å². The average molecular weight is 479 g/mol. The van der Waals surface area contributed by atoms with Crippen molar-refractivity contribution in [3.8, 4) is 0 Å². The number of aliphatic hydroxyl groups is 2. The third-order valence-corrected chi connectivity index (χ3v) is 5.02. The van der Waals surface area contributed by atoms with Gasteiger partial charge in [0.25, 0.3) is 11.8 Å². The largest absolute Gasteiger partial charge is 0.390 e. The van der Waals surface area contributed by atoms with Crippen molar-refractivity contribution in [2.45, 2.75) is 59.2 Å². The number of rotatable bonds is 14. The van der Waals surface area contributed by atoms with Crippen LogP contribution >= 0.6 is 0 Å². The molecule has 34 heavy (non-hydrogen) atoms. The first-order chi connectivity index (χ1) is 16.0. The molecule has 2 atom stereocenters. The molecule has 0 bridgehead atoms. The zero-order chi connectivity index (χ0) is 25.8. The molecule has 4 amide bonds. The Balaban J connectivity index is 2.91. The summed E-state index contributed by atoms with van der Waals surface area (Å²) in [5.74, 6) is -1.93. The molecule has 1 rings (SSSR count). The lowest BCUT2D eigenvalue weighted by Crippen LogP contribution is -2.41. The van der Waals surface area contributed by atoms with E-state index >= 15 is 0 Å². The molecule has 10 heteroatoms. The van der Waals surface area contributed by atoms with Crippen LogP contribution in [-0.4, -0.2) is 77.1 Å². The highest BCUT2D eigenvalue weighted by Gasteiger charge is 2.22. The van der Waals surface area contributed by atoms with E-state index in [1.807, 2.05) is 27.7 Å². The van der Waals surface area contributed by atoms with Gasteiger partial charge in [-0.05, 0) is 37.0 Å². The van der Waals surface area contributed by atoms with E-state index in [1.54, 1.807) is 4.90 Å². The minimum Gasteiger partial charge on any atom is -0.390 e. The molecule has 0 saturated carbocycles. The van der Waals surface area contributed by atoms with Crippen molar-refractivity contribution in [2.75, 3.05) is 26.2 Å². The number of benzene rings is 1. The Morgan fingerprint density at radius 2 is 1.44 bits per heavy atom. The smallest absolute Gasteiger partial charge is 0.253 e. The van der Waals surface area contributed by atoms with Crippen molar-refractivity contribution in [3.05, 3.63) is 34.9 Å². The minimum absolute atomic E-state index is 0.00588. The fourth-order valence-corrected chi connectivity index (χ4v) is 3.21. The number of nitrogens with one attached hydrogen (secondary N) is 2. The highest BCUT2D eigenvalue weighted by Crippen LogP contribution is 2.14. The molecule has 0 radical (unpaired) electrons. The maximum Gasteiger partial charge on any atom is 0.253 e. The maximum absolute atomic E-state index is 13.0. The third kappa shape index (κ3) is 9.48. The molecule has 0 heterocycles. The zero-order valence-electron chi connectivity index (χ0n) is 20.5. The van der Waals surface area contributed by atoms with E-state index in [-0.39, 0.29) is 41.5 Å². The monoisotopic (exact) mass is 478 g/mol. The first kappa shape index (κ1) is 29.1. The molecular formula is C24H38N4O6. The molecule has 1 aromatic rings. The molecule has 2 unspecified atom stereocenters. The van der Waals surface area contributed by atoms with Crippen LogP contribution in [-0.2, 0) is 4.79 Å². The van der Waals surface area contributed by atoms with Gasteiger partial charge in [-0.1, -0.05) is 27.7 Å². The second-order valence-corrected chi connectivity index (χ2v) is 8.70. The number of carbonyl (C=O) groups excluding carboxylic acids is 4. The number of hydrogen-bond acceptors (Lipinski definition) is 6. The average Bonchev–Trinajstić information content (AvgIpc) is 2.79. The van der Waals surface area contributed by atoms with Gasteiger partial charge in [0, 0.05) is 42.9 Å². The van der Waals surface area contributed by atoms with E-state index in [1.165, 1.54) is 18.2 Å². The van der Waals surface area contributed by atoms with Crippen LogP contribution in [0.2, 0.25) is 0 Å². The summed E-state index contributed by atoms with van der Waals surface area (Å²) in [4.78, 5) is 50.9. The molecular weight excluding hydrogens is 440 g/mol. The van der Waals surface area contributed by atoms with E-state index in [0.29, 0.717) is 19.6 Å². The van der Waals surface area contributed by atoms with Gasteiger partial charge >= 0.3 is 0 Å². The quantitative estimate of drug-likeness (QED) is 0.264. The SMILES string of the molecule is CCCN(CCC)C(=O)c1cc(C(N)=O)cc(C(=O)NCC(O)C(O)CC(=O)NCC(C)C)c1. The predicted molar refractivity (Wildman–Crippen MR) is 128 cm³/mol. The molecule has 0 fully saturated rings. The first-order valence-electron chi connectivity index (χ1n) is 11.6. The molecule has 10 nitrogen and oxygen atoms in total. The number of aliphatic hydroxyl groups excluding tert-OH is 2. The summed E-state index contributed by atoms with van der Waals surface area (Å²) < 4.78 is 0. The van der Waals surface area contributed by atoms with Crippen molar-refractivity contribution in [3.63, 3.8) is 0 Å². The Hall–Kier alpha value is -2.98. The van der Waals surface area contributed by atoms with Gasteiger partial charge < -0.3 is 31.5 Å². The summed E-state index contributed by atoms with van der Waals surface area (Å²) in [6.07, 6.45) is -1.57. The predicted octanol–water partition coefficient (Wildman–Crippen LogP) is 0.662. The van der Waals surface area contributed by atoms with E-state index in [2.05, 4.69) is 10.6 Å². The van der Waals surface area contributed by atoms with E-state index in [4.69, 9.17) is 5.73 Å². The number of nitrogens with two attached hydrogens (primary N) is 1. The molecule has 0 saturated heterocycles. The summed E-state index contributed by atoms with van der Waals surface area (Å²) in [6, 6.07) is 3.99. The third-order valence-electron chi connectivity index (χ3n) is 5.02. The van der Waals surface area contributed by atoms with Crippen LogP contribution in [0.15, 0.2) is 18.2 Å². The summed E-state index contributed by atoms with van der Waals surface area (Å²) in [7, 11) is 0. The minimum atomic E-state index is -1.39. The van der Waals surface area contributed by atoms with Crippen molar-refractivity contribution in [1.29, 1.82) is 0 Å². The summed E-state index contributed by atoms with van der Waals surface area (Å²) in [6.45, 7) is 8.93. The van der Waals surface area contributed by atoms with Crippen LogP contribution in [0.25, 0.3) is 0 Å². The van der Waals surface area contributed by atoms with Crippen LogP contribution in [0.4, 0.5) is 0 Å². The summed E-state index contributed by atoms with van der Waals surface area (Å²) >= 11 is 0. The maximum atomic E-state index is 13.0. The molecule has 6 N–H and O–H groups in total. The number of primary amides is 1. The number of amides is 4. The van der Waals surface area contributed by atoms with E-state index in [0.717, 1.165) is 12.8 Å². The molecule has 0 aliphatic heterocycles. The molecule has 0 spiro atoms.